The van der Waals surface area contributed by atoms with Crippen LogP contribution in [0.25, 0.3) is 82.5 Å². The predicted octanol–water partition coefficient (Wildman–Crippen LogP) is 14.5. The topological polar surface area (TPSA) is 14.8 Å². The van der Waals surface area contributed by atoms with Gasteiger partial charge in [-0.1, -0.05) is 109 Å². The molecule has 0 saturated heterocycles. The average Bonchev–Trinajstić information content (AvgIpc) is 3.85. The number of para-hydroxylation sites is 1. The van der Waals surface area contributed by atoms with Gasteiger partial charge < -0.3 is 13.7 Å². The Morgan fingerprint density at radius 2 is 0.672 bits per heavy atom. The van der Waals surface area contributed by atoms with Crippen LogP contribution in [0.3, 0.4) is 0 Å². The van der Waals surface area contributed by atoms with Gasteiger partial charge in [-0.25, -0.2) is 0 Å². The van der Waals surface area contributed by atoms with E-state index < -0.39 is 0 Å². The SMILES string of the molecule is Cc1ccc2c(c1)c1cc(C)ccc1n2-c1ccc2c(c1)c1cc(-n3c4ccc(C)cc4c4cc(C)ccc43)ccc1n2-c1ccccc1C(C)(C)c1ccccc1. The molecule has 0 amide bonds. The van der Waals surface area contributed by atoms with Gasteiger partial charge in [-0.2, -0.15) is 0 Å². The number of benzene rings is 8. The van der Waals surface area contributed by atoms with Crippen molar-refractivity contribution in [2.75, 3.05) is 0 Å². The molecule has 0 spiro atoms. The monoisotopic (exact) mass is 747 g/mol. The van der Waals surface area contributed by atoms with Crippen LogP contribution in [0.5, 0.6) is 0 Å². The number of hydrogen-bond acceptors (Lipinski definition) is 0. The molecular formula is C55H45N3. The maximum absolute atomic E-state index is 2.51. The molecule has 3 nitrogen and oxygen atoms in total. The molecule has 0 aliphatic heterocycles. The molecule has 0 aliphatic carbocycles. The number of aryl methyl sites for hydroxylation is 4. The van der Waals surface area contributed by atoms with E-state index in [1.54, 1.807) is 0 Å². The molecular weight excluding hydrogens is 703 g/mol. The van der Waals surface area contributed by atoms with Crippen LogP contribution in [0.15, 0.2) is 164 Å². The molecule has 0 atom stereocenters. The molecule has 8 aromatic carbocycles. The van der Waals surface area contributed by atoms with Crippen molar-refractivity contribution in [1.29, 1.82) is 0 Å². The van der Waals surface area contributed by atoms with Crippen molar-refractivity contribution < 1.29 is 0 Å². The van der Waals surface area contributed by atoms with Gasteiger partial charge in [0.1, 0.15) is 0 Å². The minimum absolute atomic E-state index is 0.237. The molecule has 0 saturated carbocycles. The fraction of sp³-hybridized carbons (Fsp3) is 0.127. The molecule has 0 N–H and O–H groups in total. The van der Waals surface area contributed by atoms with E-state index in [0.29, 0.717) is 0 Å². The fourth-order valence-corrected chi connectivity index (χ4v) is 9.80. The number of aromatic nitrogens is 3. The van der Waals surface area contributed by atoms with Crippen LogP contribution in [0.1, 0.15) is 47.2 Å². The molecule has 0 radical (unpaired) electrons. The maximum atomic E-state index is 2.51. The highest BCUT2D eigenvalue weighted by molar-refractivity contribution is 6.14. The molecule has 0 fully saturated rings. The van der Waals surface area contributed by atoms with Crippen molar-refractivity contribution in [1.82, 2.24) is 13.7 Å². The summed E-state index contributed by atoms with van der Waals surface area (Å²) < 4.78 is 7.43. The summed E-state index contributed by atoms with van der Waals surface area (Å²) in [5.74, 6) is 0. The van der Waals surface area contributed by atoms with Crippen LogP contribution in [0, 0.1) is 27.7 Å². The molecule has 3 heteroatoms. The third-order valence-corrected chi connectivity index (χ3v) is 12.7. The molecule has 280 valence electrons. The van der Waals surface area contributed by atoms with Crippen LogP contribution in [-0.2, 0) is 5.41 Å². The summed E-state index contributed by atoms with van der Waals surface area (Å²) in [7, 11) is 0. The normalized spacial score (nSPS) is 12.3. The second kappa shape index (κ2) is 12.6. The van der Waals surface area contributed by atoms with E-state index in [-0.39, 0.29) is 5.41 Å². The van der Waals surface area contributed by atoms with Crippen molar-refractivity contribution >= 4 is 65.4 Å². The highest BCUT2D eigenvalue weighted by atomic mass is 15.0. The predicted molar refractivity (Wildman–Crippen MR) is 247 cm³/mol. The lowest BCUT2D eigenvalue weighted by molar-refractivity contribution is 0.637. The number of nitrogens with zero attached hydrogens (tertiary/aromatic N) is 3. The average molecular weight is 748 g/mol. The number of rotatable bonds is 5. The summed E-state index contributed by atoms with van der Waals surface area (Å²) in [6.07, 6.45) is 0. The first kappa shape index (κ1) is 34.4. The zero-order chi connectivity index (χ0) is 39.4. The Bertz CT molecular complexity index is 3160. The minimum Gasteiger partial charge on any atom is -0.309 e. The lowest BCUT2D eigenvalue weighted by Gasteiger charge is -2.29. The van der Waals surface area contributed by atoms with E-state index in [2.05, 4.69) is 219 Å². The van der Waals surface area contributed by atoms with Crippen molar-refractivity contribution in [2.45, 2.75) is 47.0 Å². The Morgan fingerprint density at radius 1 is 0.328 bits per heavy atom. The zero-order valence-electron chi connectivity index (χ0n) is 33.9. The summed E-state index contributed by atoms with van der Waals surface area (Å²) in [6.45, 7) is 13.5. The van der Waals surface area contributed by atoms with Crippen LogP contribution < -0.4 is 0 Å². The van der Waals surface area contributed by atoms with Gasteiger partial charge in [-0.15, -0.1) is 0 Å². The largest absolute Gasteiger partial charge is 0.309 e. The van der Waals surface area contributed by atoms with E-state index >= 15 is 0 Å². The van der Waals surface area contributed by atoms with Crippen molar-refractivity contribution in [3.05, 3.63) is 197 Å². The van der Waals surface area contributed by atoms with Gasteiger partial charge in [0, 0.05) is 49.1 Å². The van der Waals surface area contributed by atoms with E-state index in [0.717, 1.165) is 11.4 Å². The Hall–Kier alpha value is -6.84. The molecule has 11 aromatic rings. The first-order valence-corrected chi connectivity index (χ1v) is 20.4. The summed E-state index contributed by atoms with van der Waals surface area (Å²) in [5.41, 5.74) is 18.2. The lowest BCUT2D eigenvalue weighted by Crippen LogP contribution is -2.21. The van der Waals surface area contributed by atoms with E-state index in [4.69, 9.17) is 0 Å². The molecule has 0 bridgehead atoms. The van der Waals surface area contributed by atoms with Crippen molar-refractivity contribution in [3.63, 3.8) is 0 Å². The lowest BCUT2D eigenvalue weighted by atomic mass is 9.77. The highest BCUT2D eigenvalue weighted by Crippen LogP contribution is 2.43. The van der Waals surface area contributed by atoms with Gasteiger partial charge in [0.15, 0.2) is 0 Å². The van der Waals surface area contributed by atoms with Gasteiger partial charge in [0.25, 0.3) is 0 Å². The smallest absolute Gasteiger partial charge is 0.0542 e. The van der Waals surface area contributed by atoms with Gasteiger partial charge in [0.05, 0.1) is 38.8 Å². The Morgan fingerprint density at radius 3 is 1.10 bits per heavy atom. The Kier molecular flexibility index (Phi) is 7.46. The van der Waals surface area contributed by atoms with E-state index in [9.17, 15) is 0 Å². The van der Waals surface area contributed by atoms with Crippen molar-refractivity contribution in [3.8, 4) is 17.1 Å². The molecule has 0 aliphatic rings. The first-order valence-electron chi connectivity index (χ1n) is 20.4. The van der Waals surface area contributed by atoms with E-state index in [1.807, 2.05) is 0 Å². The Labute approximate surface area is 339 Å². The van der Waals surface area contributed by atoms with Crippen molar-refractivity contribution in [2.24, 2.45) is 0 Å². The van der Waals surface area contributed by atoms with Gasteiger partial charge in [-0.3, -0.25) is 0 Å². The second-order valence-corrected chi connectivity index (χ2v) is 17.0. The third-order valence-electron chi connectivity index (χ3n) is 12.7. The number of fused-ring (bicyclic) bond motifs is 9. The maximum Gasteiger partial charge on any atom is 0.0542 e. The Balaban J connectivity index is 1.23. The van der Waals surface area contributed by atoms with Crippen LogP contribution in [-0.4, -0.2) is 13.7 Å². The minimum atomic E-state index is -0.237. The zero-order valence-corrected chi connectivity index (χ0v) is 33.9. The second-order valence-electron chi connectivity index (χ2n) is 17.0. The quantitative estimate of drug-likeness (QED) is 0.167. The van der Waals surface area contributed by atoms with Gasteiger partial charge in [0.2, 0.25) is 0 Å². The summed E-state index contributed by atoms with van der Waals surface area (Å²) in [4.78, 5) is 0. The molecule has 3 aromatic heterocycles. The molecule has 0 unspecified atom stereocenters. The van der Waals surface area contributed by atoms with Gasteiger partial charge in [-0.05, 0) is 130 Å². The molecule has 3 heterocycles. The number of hydrogen-bond donors (Lipinski definition) is 0. The fourth-order valence-electron chi connectivity index (χ4n) is 9.80. The van der Waals surface area contributed by atoms with Crippen LogP contribution in [0.2, 0.25) is 0 Å². The third kappa shape index (κ3) is 5.06. The summed E-state index contributed by atoms with van der Waals surface area (Å²) >= 11 is 0. The van der Waals surface area contributed by atoms with Gasteiger partial charge >= 0.3 is 0 Å². The van der Waals surface area contributed by atoms with Crippen LogP contribution >= 0.6 is 0 Å². The summed E-state index contributed by atoms with van der Waals surface area (Å²) in [5, 5.41) is 7.61. The van der Waals surface area contributed by atoms with E-state index in [1.165, 1.54) is 104 Å². The molecule has 58 heavy (non-hydrogen) atoms. The highest BCUT2D eigenvalue weighted by Gasteiger charge is 2.28. The molecule has 11 rings (SSSR count). The van der Waals surface area contributed by atoms with Crippen LogP contribution in [0.4, 0.5) is 0 Å². The first-order chi connectivity index (χ1) is 28.2. The standard InChI is InChI=1S/C55H45N3/c1-34-16-22-48-41(28-34)42-29-35(2)17-23-49(42)56(48)39-20-26-52-45(32-39)46-33-40(57-50-24-18-36(3)30-43(50)44-31-37(4)19-25-51(44)57)21-27-53(46)58(52)54-15-11-10-14-47(54)55(5,6)38-12-8-7-9-13-38/h7-33H,1-6H3. The summed E-state index contributed by atoms with van der Waals surface area (Å²) in [6, 6.07) is 61.6.